The third kappa shape index (κ3) is 3.00. The second kappa shape index (κ2) is 6.99. The fourth-order valence-electron chi connectivity index (χ4n) is 4.45. The van der Waals surface area contributed by atoms with Gasteiger partial charge >= 0.3 is 0 Å². The number of fused-ring (bicyclic) bond motifs is 2. The second-order valence-corrected chi connectivity index (χ2v) is 8.10. The largest absolute Gasteiger partial charge is 0.380 e. The standard InChI is InChI=1S/C24H20FN3O3/c1-24(31)17-8-4-5-9-20(17)28(23(24)30)21-13-14(10-11-18(21)25)12-19-15-6-2-3-7-16(15)22(29)27-26-19/h2-7,9-11,13,17,31H,8,12H2,1H3,(H,27,29). The number of amides is 1. The molecule has 1 aliphatic carbocycles. The molecule has 156 valence electrons. The first kappa shape index (κ1) is 19.4. The third-order valence-corrected chi connectivity index (χ3v) is 6.10. The van der Waals surface area contributed by atoms with Gasteiger partial charge in [0.25, 0.3) is 11.5 Å². The number of anilines is 1. The van der Waals surface area contributed by atoms with E-state index >= 15 is 0 Å². The lowest BCUT2D eigenvalue weighted by molar-refractivity contribution is -0.134. The minimum Gasteiger partial charge on any atom is -0.380 e. The van der Waals surface area contributed by atoms with Gasteiger partial charge in [0.15, 0.2) is 0 Å². The Morgan fingerprint density at radius 1 is 1.23 bits per heavy atom. The third-order valence-electron chi connectivity index (χ3n) is 6.10. The highest BCUT2D eigenvalue weighted by atomic mass is 19.1. The van der Waals surface area contributed by atoms with Crippen LogP contribution in [0.25, 0.3) is 10.8 Å². The molecule has 2 aliphatic rings. The Morgan fingerprint density at radius 2 is 2.00 bits per heavy atom. The van der Waals surface area contributed by atoms with Crippen molar-refractivity contribution < 1.29 is 14.3 Å². The van der Waals surface area contributed by atoms with E-state index in [1.165, 1.54) is 17.9 Å². The number of nitrogens with one attached hydrogen (secondary N) is 1. The van der Waals surface area contributed by atoms with E-state index in [0.29, 0.717) is 29.6 Å². The lowest BCUT2D eigenvalue weighted by Gasteiger charge is -2.23. The summed E-state index contributed by atoms with van der Waals surface area (Å²) in [5.41, 5.74) is 0.179. The van der Waals surface area contributed by atoms with Gasteiger partial charge in [0.05, 0.1) is 16.8 Å². The van der Waals surface area contributed by atoms with Crippen LogP contribution in [0.1, 0.15) is 24.6 Å². The van der Waals surface area contributed by atoms with E-state index in [0.717, 1.165) is 10.9 Å². The van der Waals surface area contributed by atoms with Crippen LogP contribution >= 0.6 is 0 Å². The van der Waals surface area contributed by atoms with Gasteiger partial charge in [0.1, 0.15) is 11.4 Å². The monoisotopic (exact) mass is 417 g/mol. The summed E-state index contributed by atoms with van der Waals surface area (Å²) in [6.07, 6.45) is 6.29. The van der Waals surface area contributed by atoms with Crippen LogP contribution in [0.4, 0.5) is 10.1 Å². The molecule has 0 saturated carbocycles. The van der Waals surface area contributed by atoms with E-state index in [4.69, 9.17) is 0 Å². The molecule has 5 rings (SSSR count). The number of aliphatic hydroxyl groups is 1. The summed E-state index contributed by atoms with van der Waals surface area (Å²) in [5, 5.41) is 18.7. The number of aromatic nitrogens is 2. The summed E-state index contributed by atoms with van der Waals surface area (Å²) in [5.74, 6) is -1.52. The van der Waals surface area contributed by atoms with E-state index in [-0.39, 0.29) is 11.2 Å². The van der Waals surface area contributed by atoms with Crippen LogP contribution in [0, 0.1) is 11.7 Å². The number of hydrogen-bond donors (Lipinski definition) is 2. The number of aromatic amines is 1. The number of carbonyl (C=O) groups is 1. The van der Waals surface area contributed by atoms with Crippen molar-refractivity contribution in [3.05, 3.63) is 93.8 Å². The average Bonchev–Trinajstić information content (AvgIpc) is 2.98. The molecule has 1 saturated heterocycles. The molecule has 0 radical (unpaired) electrons. The second-order valence-electron chi connectivity index (χ2n) is 8.10. The van der Waals surface area contributed by atoms with Gasteiger partial charge in [-0.05, 0) is 43.2 Å². The molecule has 31 heavy (non-hydrogen) atoms. The van der Waals surface area contributed by atoms with Crippen LogP contribution in [0.2, 0.25) is 0 Å². The first-order valence-corrected chi connectivity index (χ1v) is 10.1. The molecule has 2 aromatic carbocycles. The maximum atomic E-state index is 14.9. The lowest BCUT2D eigenvalue weighted by Crippen LogP contribution is -2.40. The van der Waals surface area contributed by atoms with Gasteiger partial charge in [-0.2, -0.15) is 5.10 Å². The highest BCUT2D eigenvalue weighted by Gasteiger charge is 2.53. The fraction of sp³-hybridized carbons (Fsp3) is 0.208. The van der Waals surface area contributed by atoms with Crippen LogP contribution in [0.5, 0.6) is 0 Å². The minimum absolute atomic E-state index is 0.0977. The first-order valence-electron chi connectivity index (χ1n) is 10.1. The Kier molecular flexibility index (Phi) is 4.37. The van der Waals surface area contributed by atoms with Crippen LogP contribution < -0.4 is 10.5 Å². The SMILES string of the molecule is CC1(O)C(=O)N(c2cc(Cc3n[nH]c(=O)c4ccccc34)ccc2F)C2=CC=CCC21. The van der Waals surface area contributed by atoms with E-state index in [1.807, 2.05) is 24.3 Å². The smallest absolute Gasteiger partial charge is 0.272 e. The van der Waals surface area contributed by atoms with Crippen LogP contribution in [0.15, 0.2) is 71.2 Å². The normalized spacial score (nSPS) is 22.7. The number of H-pyrrole nitrogens is 1. The van der Waals surface area contributed by atoms with E-state index in [2.05, 4.69) is 10.2 Å². The Balaban J connectivity index is 1.58. The number of hydrogen-bond acceptors (Lipinski definition) is 4. The van der Waals surface area contributed by atoms with Gasteiger partial charge in [-0.3, -0.25) is 14.5 Å². The van der Waals surface area contributed by atoms with Crippen molar-refractivity contribution in [3.8, 4) is 0 Å². The van der Waals surface area contributed by atoms with Crippen molar-refractivity contribution in [3.63, 3.8) is 0 Å². The molecular formula is C24H20FN3O3. The molecule has 7 heteroatoms. The maximum Gasteiger partial charge on any atom is 0.272 e. The zero-order valence-corrected chi connectivity index (χ0v) is 16.8. The molecule has 2 heterocycles. The van der Waals surface area contributed by atoms with Crippen LogP contribution in [-0.2, 0) is 11.2 Å². The summed E-state index contributed by atoms with van der Waals surface area (Å²) in [4.78, 5) is 26.3. The number of nitrogens with zero attached hydrogens (tertiary/aromatic N) is 2. The molecule has 6 nitrogen and oxygen atoms in total. The molecule has 0 spiro atoms. The predicted octanol–water partition coefficient (Wildman–Crippen LogP) is 3.21. The zero-order valence-electron chi connectivity index (χ0n) is 16.8. The van der Waals surface area contributed by atoms with Crippen molar-refractivity contribution in [1.82, 2.24) is 10.2 Å². The van der Waals surface area contributed by atoms with Crippen molar-refractivity contribution in [2.24, 2.45) is 5.92 Å². The summed E-state index contributed by atoms with van der Waals surface area (Å²) in [7, 11) is 0. The van der Waals surface area contributed by atoms with Crippen LogP contribution in [0.3, 0.4) is 0 Å². The van der Waals surface area contributed by atoms with Crippen molar-refractivity contribution in [2.45, 2.75) is 25.4 Å². The van der Waals surface area contributed by atoms with Gasteiger partial charge in [-0.1, -0.05) is 36.4 Å². The predicted molar refractivity (Wildman–Crippen MR) is 115 cm³/mol. The highest BCUT2D eigenvalue weighted by molar-refractivity contribution is 6.06. The van der Waals surface area contributed by atoms with Crippen molar-refractivity contribution in [1.29, 1.82) is 0 Å². The van der Waals surface area contributed by atoms with E-state index < -0.39 is 23.2 Å². The highest BCUT2D eigenvalue weighted by Crippen LogP contribution is 2.44. The molecule has 1 amide bonds. The topological polar surface area (TPSA) is 86.3 Å². The molecule has 2 unspecified atom stereocenters. The molecule has 1 aliphatic heterocycles. The minimum atomic E-state index is -1.60. The van der Waals surface area contributed by atoms with Gasteiger partial charge in [0, 0.05) is 23.4 Å². The number of allylic oxidation sites excluding steroid dienone is 3. The molecule has 3 aromatic rings. The number of carbonyl (C=O) groups excluding carboxylic acids is 1. The molecule has 0 bridgehead atoms. The molecule has 2 atom stereocenters. The molecule has 1 fully saturated rings. The van der Waals surface area contributed by atoms with Gasteiger partial charge in [-0.15, -0.1) is 0 Å². The zero-order chi connectivity index (χ0) is 21.8. The fourth-order valence-corrected chi connectivity index (χ4v) is 4.45. The molecular weight excluding hydrogens is 397 g/mol. The average molecular weight is 417 g/mol. The Hall–Kier alpha value is -3.58. The van der Waals surface area contributed by atoms with Gasteiger partial charge in [-0.25, -0.2) is 9.49 Å². The summed E-state index contributed by atoms with van der Waals surface area (Å²) < 4.78 is 14.9. The Labute approximate surface area is 177 Å². The lowest BCUT2D eigenvalue weighted by atomic mass is 9.85. The maximum absolute atomic E-state index is 14.9. The summed E-state index contributed by atoms with van der Waals surface area (Å²) >= 11 is 0. The molecule has 1 aromatic heterocycles. The Bertz CT molecular complexity index is 1340. The first-order chi connectivity index (χ1) is 14.9. The van der Waals surface area contributed by atoms with Crippen LogP contribution in [-0.4, -0.2) is 26.8 Å². The number of benzene rings is 2. The van der Waals surface area contributed by atoms with Gasteiger partial charge < -0.3 is 5.11 Å². The Morgan fingerprint density at radius 3 is 2.81 bits per heavy atom. The quantitative estimate of drug-likeness (QED) is 0.685. The number of halogens is 1. The van der Waals surface area contributed by atoms with E-state index in [9.17, 15) is 19.1 Å². The number of rotatable bonds is 3. The summed E-state index contributed by atoms with van der Waals surface area (Å²) in [6, 6.07) is 11.7. The van der Waals surface area contributed by atoms with E-state index in [1.54, 1.807) is 30.3 Å². The van der Waals surface area contributed by atoms with Crippen molar-refractivity contribution in [2.75, 3.05) is 4.90 Å². The van der Waals surface area contributed by atoms with Gasteiger partial charge in [0.2, 0.25) is 0 Å². The molecule has 2 N–H and O–H groups in total. The summed E-state index contributed by atoms with van der Waals surface area (Å²) in [6.45, 7) is 1.48. The van der Waals surface area contributed by atoms with Crippen molar-refractivity contribution >= 4 is 22.4 Å².